The van der Waals surface area contributed by atoms with Crippen molar-refractivity contribution in [1.29, 1.82) is 0 Å². The van der Waals surface area contributed by atoms with Crippen LogP contribution in [0.15, 0.2) is 71.0 Å². The molecule has 2 aromatic carbocycles. The van der Waals surface area contributed by atoms with Gasteiger partial charge in [0.15, 0.2) is 0 Å². The Hall–Kier alpha value is -3.80. The topological polar surface area (TPSA) is 80.6 Å². The van der Waals surface area contributed by atoms with Crippen LogP contribution >= 0.6 is 0 Å². The first-order valence-electron chi connectivity index (χ1n) is 10.9. The van der Waals surface area contributed by atoms with Crippen LogP contribution in [0.25, 0.3) is 6.08 Å². The molecule has 2 N–H and O–H groups in total. The summed E-state index contributed by atoms with van der Waals surface area (Å²) in [5.41, 5.74) is 3.17. The molecule has 6 heteroatoms. The van der Waals surface area contributed by atoms with Crippen LogP contribution in [0.1, 0.15) is 59.1 Å². The van der Waals surface area contributed by atoms with Gasteiger partial charge in [-0.3, -0.25) is 9.59 Å². The first-order valence-corrected chi connectivity index (χ1v) is 10.9. The van der Waals surface area contributed by atoms with Gasteiger partial charge in [0.1, 0.15) is 22.8 Å². The molecule has 0 bridgehead atoms. The molecule has 0 radical (unpaired) electrons. The van der Waals surface area contributed by atoms with Crippen molar-refractivity contribution in [3.63, 3.8) is 0 Å². The van der Waals surface area contributed by atoms with Crippen molar-refractivity contribution < 1.29 is 18.7 Å². The minimum Gasteiger partial charge on any atom is -0.487 e. The fourth-order valence-corrected chi connectivity index (χ4v) is 3.91. The van der Waals surface area contributed by atoms with Crippen LogP contribution in [0.3, 0.4) is 0 Å². The van der Waals surface area contributed by atoms with Crippen LogP contribution in [0.2, 0.25) is 0 Å². The molecule has 0 saturated carbocycles. The molecular formula is C27H28N2O4. The van der Waals surface area contributed by atoms with Gasteiger partial charge in [0, 0.05) is 23.6 Å². The molecule has 0 aliphatic carbocycles. The van der Waals surface area contributed by atoms with E-state index in [4.69, 9.17) is 9.15 Å². The van der Waals surface area contributed by atoms with Gasteiger partial charge in [-0.1, -0.05) is 35.4 Å². The number of aryl methyl sites for hydroxylation is 2. The van der Waals surface area contributed by atoms with Gasteiger partial charge in [-0.15, -0.1) is 0 Å². The summed E-state index contributed by atoms with van der Waals surface area (Å²) in [6.07, 6.45) is 3.64. The highest BCUT2D eigenvalue weighted by atomic mass is 16.5. The molecule has 0 unspecified atom stereocenters. The molecule has 0 saturated heterocycles. The Bertz CT molecular complexity index is 1190. The standard InChI is InChI=1S/C27H28N2O4/c1-17-7-10-19(11-8-17)25(30)28-22(15-20-6-5-13-32-20)26(31)29-23-16-27(3,4)33-24-12-9-18(2)14-21(23)24/h5-15,23H,16H2,1-4H3,(H,28,30)(H,29,31)/b22-15-/t23-/m1/s1. The van der Waals surface area contributed by atoms with E-state index in [1.807, 2.05) is 58.0 Å². The number of carbonyl (C=O) groups excluding carboxylic acids is 2. The minimum atomic E-state index is -0.448. The highest BCUT2D eigenvalue weighted by molar-refractivity contribution is 6.05. The second-order valence-electron chi connectivity index (χ2n) is 9.03. The summed E-state index contributed by atoms with van der Waals surface area (Å²) in [6, 6.07) is 16.3. The molecule has 4 rings (SSSR count). The summed E-state index contributed by atoms with van der Waals surface area (Å²) >= 11 is 0. The van der Waals surface area contributed by atoms with E-state index in [9.17, 15) is 9.59 Å². The maximum atomic E-state index is 13.4. The third-order valence-corrected chi connectivity index (χ3v) is 5.56. The smallest absolute Gasteiger partial charge is 0.268 e. The zero-order valence-corrected chi connectivity index (χ0v) is 19.3. The molecule has 1 aromatic heterocycles. The lowest BCUT2D eigenvalue weighted by Gasteiger charge is -2.38. The van der Waals surface area contributed by atoms with E-state index in [1.54, 1.807) is 24.3 Å². The summed E-state index contributed by atoms with van der Waals surface area (Å²) in [5.74, 6) is 0.448. The molecule has 6 nitrogen and oxygen atoms in total. The maximum Gasteiger partial charge on any atom is 0.268 e. The summed E-state index contributed by atoms with van der Waals surface area (Å²) in [5, 5.41) is 5.85. The maximum absolute atomic E-state index is 13.4. The molecule has 1 atom stereocenters. The summed E-state index contributed by atoms with van der Waals surface area (Å²) in [4.78, 5) is 26.2. The van der Waals surface area contributed by atoms with Crippen LogP contribution in [-0.4, -0.2) is 17.4 Å². The average molecular weight is 445 g/mol. The highest BCUT2D eigenvalue weighted by Gasteiger charge is 2.35. The third-order valence-electron chi connectivity index (χ3n) is 5.56. The minimum absolute atomic E-state index is 0.106. The summed E-state index contributed by atoms with van der Waals surface area (Å²) in [6.45, 7) is 7.94. The van der Waals surface area contributed by atoms with Gasteiger partial charge in [-0.25, -0.2) is 0 Å². The highest BCUT2D eigenvalue weighted by Crippen LogP contribution is 2.40. The van der Waals surface area contributed by atoms with E-state index in [-0.39, 0.29) is 17.6 Å². The molecule has 2 heterocycles. The molecule has 0 spiro atoms. The molecule has 0 fully saturated rings. The zero-order valence-electron chi connectivity index (χ0n) is 19.3. The number of hydrogen-bond acceptors (Lipinski definition) is 4. The zero-order chi connectivity index (χ0) is 23.6. The van der Waals surface area contributed by atoms with Gasteiger partial charge in [-0.05, 0) is 58.0 Å². The van der Waals surface area contributed by atoms with Crippen LogP contribution in [0.5, 0.6) is 5.75 Å². The lowest BCUT2D eigenvalue weighted by molar-refractivity contribution is -0.119. The Morgan fingerprint density at radius 1 is 1.03 bits per heavy atom. The molecular weight excluding hydrogens is 416 g/mol. The van der Waals surface area contributed by atoms with Crippen molar-refractivity contribution in [3.05, 3.63) is 94.6 Å². The second-order valence-corrected chi connectivity index (χ2v) is 9.03. The van der Waals surface area contributed by atoms with Crippen molar-refractivity contribution >= 4 is 17.9 Å². The van der Waals surface area contributed by atoms with Crippen molar-refractivity contribution in [2.75, 3.05) is 0 Å². The predicted molar refractivity (Wildman–Crippen MR) is 127 cm³/mol. The SMILES string of the molecule is Cc1ccc(C(=O)N/C(=C\c2ccco2)C(=O)N[C@@H]2CC(C)(C)Oc3ccc(C)cc32)cc1. The monoisotopic (exact) mass is 444 g/mol. The Labute approximate surface area is 193 Å². The largest absolute Gasteiger partial charge is 0.487 e. The van der Waals surface area contributed by atoms with Crippen LogP contribution in [0.4, 0.5) is 0 Å². The van der Waals surface area contributed by atoms with Crippen molar-refractivity contribution in [3.8, 4) is 5.75 Å². The second kappa shape index (κ2) is 8.98. The molecule has 2 amide bonds. The number of furan rings is 1. The van der Waals surface area contributed by atoms with E-state index in [2.05, 4.69) is 10.6 Å². The molecule has 1 aliphatic heterocycles. The van der Waals surface area contributed by atoms with E-state index in [1.165, 1.54) is 12.3 Å². The summed E-state index contributed by atoms with van der Waals surface area (Å²) < 4.78 is 11.5. The lowest BCUT2D eigenvalue weighted by atomic mass is 9.89. The van der Waals surface area contributed by atoms with Gasteiger partial charge < -0.3 is 19.8 Å². The van der Waals surface area contributed by atoms with Crippen LogP contribution in [-0.2, 0) is 4.79 Å². The normalized spacial score (nSPS) is 17.0. The van der Waals surface area contributed by atoms with Gasteiger partial charge in [0.05, 0.1) is 12.3 Å². The number of hydrogen-bond donors (Lipinski definition) is 2. The quantitative estimate of drug-likeness (QED) is 0.538. The number of amides is 2. The summed E-state index contributed by atoms with van der Waals surface area (Å²) in [7, 11) is 0. The Balaban J connectivity index is 1.61. The van der Waals surface area contributed by atoms with Crippen molar-refractivity contribution in [1.82, 2.24) is 10.6 Å². The van der Waals surface area contributed by atoms with Gasteiger partial charge in [0.25, 0.3) is 11.8 Å². The van der Waals surface area contributed by atoms with Gasteiger partial charge >= 0.3 is 0 Å². The van der Waals surface area contributed by atoms with E-state index in [0.717, 1.165) is 22.4 Å². The first kappa shape index (κ1) is 22.4. The van der Waals surface area contributed by atoms with Gasteiger partial charge in [0.2, 0.25) is 0 Å². The van der Waals surface area contributed by atoms with E-state index < -0.39 is 11.5 Å². The van der Waals surface area contributed by atoms with E-state index in [0.29, 0.717) is 17.7 Å². The number of ether oxygens (including phenoxy) is 1. The Morgan fingerprint density at radius 3 is 2.45 bits per heavy atom. The Kier molecular flexibility index (Phi) is 6.09. The molecule has 33 heavy (non-hydrogen) atoms. The number of rotatable bonds is 5. The molecule has 170 valence electrons. The van der Waals surface area contributed by atoms with Crippen molar-refractivity contribution in [2.45, 2.75) is 45.8 Å². The van der Waals surface area contributed by atoms with Gasteiger partial charge in [-0.2, -0.15) is 0 Å². The predicted octanol–water partition coefficient (Wildman–Crippen LogP) is 5.09. The fourth-order valence-electron chi connectivity index (χ4n) is 3.91. The van der Waals surface area contributed by atoms with E-state index >= 15 is 0 Å². The third kappa shape index (κ3) is 5.34. The van der Waals surface area contributed by atoms with Crippen molar-refractivity contribution in [2.24, 2.45) is 0 Å². The van der Waals surface area contributed by atoms with Crippen LogP contribution < -0.4 is 15.4 Å². The molecule has 1 aliphatic rings. The number of carbonyl (C=O) groups is 2. The lowest BCUT2D eigenvalue weighted by Crippen LogP contribution is -2.43. The number of benzene rings is 2. The molecule has 3 aromatic rings. The number of fused-ring (bicyclic) bond motifs is 1. The Morgan fingerprint density at radius 2 is 1.76 bits per heavy atom. The average Bonchev–Trinajstić information content (AvgIpc) is 3.27. The number of nitrogens with one attached hydrogen (secondary N) is 2. The fraction of sp³-hybridized carbons (Fsp3) is 0.259. The first-order chi connectivity index (χ1) is 15.7. The van der Waals surface area contributed by atoms with Crippen LogP contribution in [0, 0.1) is 13.8 Å².